The Balaban J connectivity index is 0.000000284. The molecule has 34 heavy (non-hydrogen) atoms. The van der Waals surface area contributed by atoms with E-state index in [1.165, 1.54) is 16.7 Å². The minimum Gasteiger partial charge on any atom is -0.481 e. The van der Waals surface area contributed by atoms with Gasteiger partial charge in [-0.3, -0.25) is 19.2 Å². The predicted molar refractivity (Wildman–Crippen MR) is 121 cm³/mol. The maximum absolute atomic E-state index is 11.2. The van der Waals surface area contributed by atoms with Gasteiger partial charge in [0.1, 0.15) is 13.2 Å². The number of carboxylic acids is 1. The number of ether oxygens (including phenoxy) is 3. The number of esters is 2. The summed E-state index contributed by atoms with van der Waals surface area (Å²) in [4.78, 5) is 66.6. The average molecular weight is 525 g/mol. The van der Waals surface area contributed by atoms with Crippen molar-refractivity contribution in [3.05, 3.63) is 0 Å². The van der Waals surface area contributed by atoms with E-state index in [9.17, 15) is 28.8 Å². The summed E-state index contributed by atoms with van der Waals surface area (Å²) in [6.45, 7) is 4.02. The van der Waals surface area contributed by atoms with Crippen molar-refractivity contribution in [1.29, 1.82) is 0 Å². The number of aliphatic carboxylic acids is 1. The number of amides is 3. The van der Waals surface area contributed by atoms with Crippen LogP contribution in [0.1, 0.15) is 0 Å². The number of nitrogens with one attached hydrogen (secondary N) is 1. The maximum Gasteiger partial charge on any atom is 0.409 e. The van der Waals surface area contributed by atoms with Gasteiger partial charge in [-0.15, -0.1) is 23.5 Å². The molecule has 3 fully saturated rings. The highest BCUT2D eigenvalue weighted by Crippen LogP contribution is 2.07. The van der Waals surface area contributed by atoms with Gasteiger partial charge in [-0.1, -0.05) is 0 Å². The summed E-state index contributed by atoms with van der Waals surface area (Å²) in [6, 6.07) is 0. The quantitative estimate of drug-likeness (QED) is 0.181. The van der Waals surface area contributed by atoms with Crippen LogP contribution < -0.4 is 11.1 Å². The number of nitrogens with two attached hydrogens (primary N) is 1. The van der Waals surface area contributed by atoms with Crippen molar-refractivity contribution in [3.8, 4) is 0 Å². The van der Waals surface area contributed by atoms with Crippen molar-refractivity contribution in [2.75, 3.05) is 75.5 Å². The third-order valence-corrected chi connectivity index (χ3v) is 5.72. The molecular formula is C18H28N4O10S2. The maximum atomic E-state index is 11.2. The van der Waals surface area contributed by atoms with Crippen molar-refractivity contribution in [1.82, 2.24) is 15.1 Å². The summed E-state index contributed by atoms with van der Waals surface area (Å²) in [7, 11) is 0. The molecule has 3 amide bonds. The largest absolute Gasteiger partial charge is 0.481 e. The zero-order valence-electron chi connectivity index (χ0n) is 18.4. The van der Waals surface area contributed by atoms with Crippen LogP contribution in [0.15, 0.2) is 0 Å². The van der Waals surface area contributed by atoms with Gasteiger partial charge in [-0.2, -0.15) is 0 Å². The van der Waals surface area contributed by atoms with Crippen LogP contribution in [0, 0.1) is 0 Å². The number of carbonyl (C=O) groups excluding carboxylic acids is 5. The molecule has 16 heteroatoms. The van der Waals surface area contributed by atoms with E-state index in [4.69, 9.17) is 15.6 Å². The van der Waals surface area contributed by atoms with E-state index >= 15 is 0 Å². The monoisotopic (exact) mass is 524 g/mol. The minimum atomic E-state index is -0.942. The lowest BCUT2D eigenvalue weighted by molar-refractivity contribution is -0.156. The summed E-state index contributed by atoms with van der Waals surface area (Å²) in [6.07, 6.45) is -0.597. The normalized spacial score (nSPS) is 17.0. The molecule has 0 aromatic carbocycles. The number of rotatable bonds is 9. The van der Waals surface area contributed by atoms with Gasteiger partial charge < -0.3 is 40.2 Å². The van der Waals surface area contributed by atoms with E-state index in [-0.39, 0.29) is 29.6 Å². The third kappa shape index (κ3) is 13.1. The molecule has 3 heterocycles. The predicted octanol–water partition coefficient (Wildman–Crippen LogP) is -1.43. The number of carbonyl (C=O) groups is 6. The first-order chi connectivity index (χ1) is 16.2. The topological polar surface area (TPSA) is 195 Å². The van der Waals surface area contributed by atoms with Crippen LogP contribution in [0.5, 0.6) is 0 Å². The second-order valence-corrected chi connectivity index (χ2v) is 8.54. The average Bonchev–Trinajstić information content (AvgIpc) is 3.37. The van der Waals surface area contributed by atoms with Gasteiger partial charge in [0, 0.05) is 26.2 Å². The first-order valence-electron chi connectivity index (χ1n) is 10.1. The molecule has 14 nitrogen and oxygen atoms in total. The number of hydrogen-bond acceptors (Lipinski definition) is 12. The van der Waals surface area contributed by atoms with Gasteiger partial charge in [-0.05, 0) is 0 Å². The van der Waals surface area contributed by atoms with Gasteiger partial charge in [-0.25, -0.2) is 9.59 Å². The van der Waals surface area contributed by atoms with Crippen molar-refractivity contribution < 1.29 is 48.1 Å². The molecule has 0 saturated carbocycles. The van der Waals surface area contributed by atoms with E-state index in [2.05, 4.69) is 14.8 Å². The minimum absolute atomic E-state index is 0.0914. The number of nitrogens with zero attached hydrogens (tertiary/aromatic N) is 2. The van der Waals surface area contributed by atoms with E-state index < -0.39 is 17.9 Å². The standard InChI is InChI=1S/C9H14N2O5S.C5H10N2O2.C4H4O3S/c12-7(5-17-6-8(13)14)10-1-2-11-3-4-16-9(11)15;6-1-2-7-3-4-9-5(7)8;5-3-1-8-2-4(6)7-3/h1-6H2,(H,10,12)(H,13,14);1-4,6H2;1-2H2. The smallest absolute Gasteiger partial charge is 0.409 e. The summed E-state index contributed by atoms with van der Waals surface area (Å²) in [5.74, 6) is -1.39. The van der Waals surface area contributed by atoms with Gasteiger partial charge in [0.2, 0.25) is 5.91 Å². The first-order valence-corrected chi connectivity index (χ1v) is 12.4. The Kier molecular flexibility index (Phi) is 14.5. The van der Waals surface area contributed by atoms with Crippen LogP contribution >= 0.6 is 23.5 Å². The van der Waals surface area contributed by atoms with Crippen LogP contribution in [0.4, 0.5) is 9.59 Å². The molecule has 0 unspecified atom stereocenters. The van der Waals surface area contributed by atoms with Crippen molar-refractivity contribution >= 4 is 59.5 Å². The van der Waals surface area contributed by atoms with E-state index in [0.29, 0.717) is 64.0 Å². The Morgan fingerprint density at radius 2 is 1.53 bits per heavy atom. The van der Waals surface area contributed by atoms with Crippen LogP contribution in [0.3, 0.4) is 0 Å². The highest BCUT2D eigenvalue weighted by Gasteiger charge is 2.21. The Labute approximate surface area is 204 Å². The molecule has 0 spiro atoms. The van der Waals surface area contributed by atoms with E-state index in [0.717, 1.165) is 11.8 Å². The molecule has 0 aromatic heterocycles. The molecule has 3 aliphatic heterocycles. The SMILES string of the molecule is NCCN1CCOC1=O.O=C(O)CSCC(=O)NCCN1CCOC1=O.O=C1CSCC(=O)O1. The second kappa shape index (κ2) is 16.8. The van der Waals surface area contributed by atoms with Crippen molar-refractivity contribution in [2.45, 2.75) is 0 Å². The fourth-order valence-electron chi connectivity index (χ4n) is 2.43. The number of carboxylic acid groups (broad SMARTS) is 1. The van der Waals surface area contributed by atoms with Gasteiger partial charge in [0.15, 0.2) is 0 Å². The Bertz CT molecular complexity index is 726. The van der Waals surface area contributed by atoms with Crippen molar-refractivity contribution in [2.24, 2.45) is 5.73 Å². The number of hydrogen-bond donors (Lipinski definition) is 3. The highest BCUT2D eigenvalue weighted by atomic mass is 32.2. The fourth-order valence-corrected chi connectivity index (χ4v) is 3.55. The molecule has 4 N–H and O–H groups in total. The van der Waals surface area contributed by atoms with Gasteiger partial charge in [0.05, 0.1) is 36.1 Å². The van der Waals surface area contributed by atoms with Crippen LogP contribution in [-0.4, -0.2) is 126 Å². The molecule has 0 aromatic rings. The molecule has 3 saturated heterocycles. The third-order valence-electron chi connectivity index (χ3n) is 3.92. The molecular weight excluding hydrogens is 496 g/mol. The van der Waals surface area contributed by atoms with Crippen LogP contribution in [0.25, 0.3) is 0 Å². The van der Waals surface area contributed by atoms with Gasteiger partial charge >= 0.3 is 30.1 Å². The van der Waals surface area contributed by atoms with E-state index in [1.807, 2.05) is 0 Å². The Hall–Kier alpha value is -2.72. The van der Waals surface area contributed by atoms with Crippen LogP contribution in [-0.2, 0) is 33.4 Å². The summed E-state index contributed by atoms with van der Waals surface area (Å²) >= 11 is 2.32. The zero-order chi connectivity index (χ0) is 25.3. The second-order valence-electron chi connectivity index (χ2n) is 6.57. The Morgan fingerprint density at radius 3 is 1.94 bits per heavy atom. The number of cyclic esters (lactones) is 4. The van der Waals surface area contributed by atoms with Crippen LogP contribution in [0.2, 0.25) is 0 Å². The number of thioether (sulfide) groups is 2. The lowest BCUT2D eigenvalue weighted by Gasteiger charge is -2.12. The highest BCUT2D eigenvalue weighted by molar-refractivity contribution is 8.00. The Morgan fingerprint density at radius 1 is 0.971 bits per heavy atom. The lowest BCUT2D eigenvalue weighted by atomic mass is 10.5. The molecule has 0 bridgehead atoms. The summed E-state index contributed by atoms with van der Waals surface area (Å²) < 4.78 is 13.6. The molecule has 0 radical (unpaired) electrons. The van der Waals surface area contributed by atoms with Crippen molar-refractivity contribution in [3.63, 3.8) is 0 Å². The molecule has 3 aliphatic rings. The summed E-state index contributed by atoms with van der Waals surface area (Å²) in [5.41, 5.74) is 5.22. The molecule has 192 valence electrons. The molecule has 0 aliphatic carbocycles. The summed E-state index contributed by atoms with van der Waals surface area (Å²) in [5, 5.41) is 11.0. The first kappa shape index (κ1) is 29.3. The van der Waals surface area contributed by atoms with Gasteiger partial charge in [0.25, 0.3) is 0 Å². The molecule has 0 atom stereocenters. The van der Waals surface area contributed by atoms with E-state index in [1.54, 1.807) is 4.90 Å². The molecule has 3 rings (SSSR count). The fraction of sp³-hybridized carbons (Fsp3) is 0.667. The lowest BCUT2D eigenvalue weighted by Crippen LogP contribution is -2.36. The zero-order valence-corrected chi connectivity index (χ0v) is 20.0.